The van der Waals surface area contributed by atoms with E-state index in [1.54, 1.807) is 7.11 Å². The minimum Gasteiger partial charge on any atom is -0.496 e. The zero-order valence-electron chi connectivity index (χ0n) is 11.7. The van der Waals surface area contributed by atoms with E-state index in [0.29, 0.717) is 5.92 Å². The molecule has 0 bridgehead atoms. The largest absolute Gasteiger partial charge is 0.496 e. The summed E-state index contributed by atoms with van der Waals surface area (Å²) in [6, 6.07) is 8.15. The minimum atomic E-state index is -0.523. The molecule has 0 unspecified atom stereocenters. The summed E-state index contributed by atoms with van der Waals surface area (Å²) in [7, 11) is 3.15. The summed E-state index contributed by atoms with van der Waals surface area (Å²) < 4.78 is 10.5. The van der Waals surface area contributed by atoms with Crippen LogP contribution >= 0.6 is 11.8 Å². The van der Waals surface area contributed by atoms with Crippen LogP contribution in [0.25, 0.3) is 0 Å². The molecule has 0 radical (unpaired) electrons. The van der Waals surface area contributed by atoms with E-state index in [-0.39, 0.29) is 12.0 Å². The highest BCUT2D eigenvalue weighted by molar-refractivity contribution is 7.99. The van der Waals surface area contributed by atoms with Crippen molar-refractivity contribution >= 4 is 17.7 Å². The summed E-state index contributed by atoms with van der Waals surface area (Å²) in [6.45, 7) is 0. The van der Waals surface area contributed by atoms with Gasteiger partial charge in [0.05, 0.1) is 14.2 Å². The molecule has 0 saturated carbocycles. The number of hydrogen-bond acceptors (Lipinski definition) is 5. The minimum absolute atomic E-state index is 0.134. The zero-order valence-corrected chi connectivity index (χ0v) is 12.5. The lowest BCUT2D eigenvalue weighted by atomic mass is 9.88. The molecule has 2 aliphatic rings. The molecule has 2 saturated heterocycles. The summed E-state index contributed by atoms with van der Waals surface area (Å²) in [4.78, 5) is 12.2. The van der Waals surface area contributed by atoms with Gasteiger partial charge in [-0.1, -0.05) is 18.2 Å². The molecule has 3 atom stereocenters. The Balaban J connectivity index is 1.90. The monoisotopic (exact) mass is 293 g/mol. The predicted octanol–water partition coefficient (Wildman–Crippen LogP) is 2.00. The first-order valence-corrected chi connectivity index (χ1v) is 7.93. The second kappa shape index (κ2) is 5.30. The molecule has 0 aromatic heterocycles. The lowest BCUT2D eigenvalue weighted by Crippen LogP contribution is -2.53. The van der Waals surface area contributed by atoms with Crippen LogP contribution in [0.2, 0.25) is 0 Å². The molecule has 2 aliphatic heterocycles. The lowest BCUT2D eigenvalue weighted by molar-refractivity contribution is -0.148. The van der Waals surface area contributed by atoms with Crippen molar-refractivity contribution in [2.24, 2.45) is 5.92 Å². The maximum atomic E-state index is 12.2. The molecule has 2 heterocycles. The Bertz CT molecular complexity index is 522. The Hall–Kier alpha value is -1.20. The topological polar surface area (TPSA) is 47.6 Å². The lowest BCUT2D eigenvalue weighted by Gasteiger charge is -2.26. The molecule has 1 N–H and O–H groups in total. The number of carbonyl (C=O) groups excluding carboxylic acids is 1. The Kier molecular flexibility index (Phi) is 3.65. The number of carbonyl (C=O) groups is 1. The zero-order chi connectivity index (χ0) is 14.2. The molecule has 1 aromatic rings. The maximum absolute atomic E-state index is 12.2. The molecule has 1 aromatic carbocycles. The van der Waals surface area contributed by atoms with Crippen LogP contribution in [0.5, 0.6) is 5.75 Å². The van der Waals surface area contributed by atoms with Gasteiger partial charge < -0.3 is 9.47 Å². The Morgan fingerprint density at radius 3 is 2.95 bits per heavy atom. The van der Waals surface area contributed by atoms with Gasteiger partial charge in [-0.2, -0.15) is 11.8 Å². The van der Waals surface area contributed by atoms with Gasteiger partial charge in [0.2, 0.25) is 0 Å². The maximum Gasteiger partial charge on any atom is 0.327 e. The fraction of sp³-hybridized carbons (Fsp3) is 0.533. The summed E-state index contributed by atoms with van der Waals surface area (Å²) in [5.74, 6) is 2.86. The average Bonchev–Trinajstić information content (AvgIpc) is 3.04. The van der Waals surface area contributed by atoms with Gasteiger partial charge >= 0.3 is 5.97 Å². The number of esters is 1. The van der Waals surface area contributed by atoms with Crippen LogP contribution < -0.4 is 10.1 Å². The van der Waals surface area contributed by atoms with Crippen LogP contribution in [-0.4, -0.2) is 37.2 Å². The molecule has 3 rings (SSSR count). The molecule has 0 spiro atoms. The standard InChI is InChI=1S/C15H19NO3S/c1-18-13-6-4-3-5-11(13)12-7-10-8-20-9-15(10,16-12)14(17)19-2/h3-6,10,12,16H,7-9H2,1-2H3/t10-,12-,15+/m0/s1. The molecule has 20 heavy (non-hydrogen) atoms. The highest BCUT2D eigenvalue weighted by Crippen LogP contribution is 2.47. The van der Waals surface area contributed by atoms with Crippen molar-refractivity contribution in [3.63, 3.8) is 0 Å². The van der Waals surface area contributed by atoms with Gasteiger partial charge in [0.25, 0.3) is 0 Å². The van der Waals surface area contributed by atoms with Gasteiger partial charge in [-0.05, 0) is 24.2 Å². The molecular weight excluding hydrogens is 274 g/mol. The van der Waals surface area contributed by atoms with Gasteiger partial charge in [0.1, 0.15) is 11.3 Å². The van der Waals surface area contributed by atoms with E-state index in [9.17, 15) is 4.79 Å². The summed E-state index contributed by atoms with van der Waals surface area (Å²) in [5.41, 5.74) is 0.600. The highest BCUT2D eigenvalue weighted by atomic mass is 32.2. The second-order valence-electron chi connectivity index (χ2n) is 5.35. The van der Waals surface area contributed by atoms with Crippen LogP contribution in [0.3, 0.4) is 0 Å². The summed E-state index contributed by atoms with van der Waals surface area (Å²) in [5, 5.41) is 3.53. The van der Waals surface area contributed by atoms with Crippen molar-refractivity contribution in [3.05, 3.63) is 29.8 Å². The summed E-state index contributed by atoms with van der Waals surface area (Å²) >= 11 is 1.82. The smallest absolute Gasteiger partial charge is 0.327 e. The van der Waals surface area contributed by atoms with Gasteiger partial charge in [-0.3, -0.25) is 10.1 Å². The van der Waals surface area contributed by atoms with Crippen LogP contribution in [0.15, 0.2) is 24.3 Å². The van der Waals surface area contributed by atoms with E-state index in [0.717, 1.165) is 29.2 Å². The van der Waals surface area contributed by atoms with Gasteiger partial charge in [-0.15, -0.1) is 0 Å². The number of ether oxygens (including phenoxy) is 2. The molecule has 2 fully saturated rings. The first-order chi connectivity index (χ1) is 9.71. The Morgan fingerprint density at radius 2 is 2.20 bits per heavy atom. The Morgan fingerprint density at radius 1 is 1.40 bits per heavy atom. The van der Waals surface area contributed by atoms with E-state index in [4.69, 9.17) is 9.47 Å². The predicted molar refractivity (Wildman–Crippen MR) is 79.0 cm³/mol. The van der Waals surface area contributed by atoms with Crippen molar-refractivity contribution < 1.29 is 14.3 Å². The van der Waals surface area contributed by atoms with Crippen molar-refractivity contribution in [1.82, 2.24) is 5.32 Å². The number of para-hydroxylation sites is 1. The fourth-order valence-corrected chi connectivity index (χ4v) is 4.91. The quantitative estimate of drug-likeness (QED) is 0.864. The third-order valence-corrected chi connectivity index (χ3v) is 5.66. The van der Waals surface area contributed by atoms with Crippen LogP contribution in [0, 0.1) is 5.92 Å². The van der Waals surface area contributed by atoms with Crippen molar-refractivity contribution in [2.75, 3.05) is 25.7 Å². The number of methoxy groups -OCH3 is 2. The number of fused-ring (bicyclic) bond motifs is 1. The third kappa shape index (κ3) is 2.00. The van der Waals surface area contributed by atoms with Gasteiger partial charge in [0.15, 0.2) is 0 Å². The van der Waals surface area contributed by atoms with Crippen molar-refractivity contribution in [3.8, 4) is 5.75 Å². The number of benzene rings is 1. The van der Waals surface area contributed by atoms with E-state index in [1.807, 2.05) is 30.0 Å². The SMILES string of the molecule is COC(=O)[C@@]12CSC[C@@H]1C[C@@H](c1ccccc1OC)N2. The normalized spacial score (nSPS) is 31.9. The first-order valence-electron chi connectivity index (χ1n) is 6.78. The molecular formula is C15H19NO3S. The second-order valence-corrected chi connectivity index (χ2v) is 6.38. The Labute approximate surface area is 123 Å². The fourth-order valence-electron chi connectivity index (χ4n) is 3.33. The number of nitrogens with one attached hydrogen (secondary N) is 1. The molecule has 0 amide bonds. The third-order valence-electron chi connectivity index (χ3n) is 4.36. The van der Waals surface area contributed by atoms with E-state index < -0.39 is 5.54 Å². The first kappa shape index (κ1) is 13.8. The average molecular weight is 293 g/mol. The number of thioether (sulfide) groups is 1. The van der Waals surface area contributed by atoms with E-state index in [1.165, 1.54) is 7.11 Å². The molecule has 4 nitrogen and oxygen atoms in total. The summed E-state index contributed by atoms with van der Waals surface area (Å²) in [6.07, 6.45) is 0.947. The molecule has 5 heteroatoms. The van der Waals surface area contributed by atoms with Crippen molar-refractivity contribution in [2.45, 2.75) is 18.0 Å². The van der Waals surface area contributed by atoms with Gasteiger partial charge in [0, 0.05) is 17.4 Å². The van der Waals surface area contributed by atoms with E-state index >= 15 is 0 Å². The van der Waals surface area contributed by atoms with Crippen molar-refractivity contribution in [1.29, 1.82) is 0 Å². The van der Waals surface area contributed by atoms with Gasteiger partial charge in [-0.25, -0.2) is 0 Å². The molecule has 108 valence electrons. The van der Waals surface area contributed by atoms with E-state index in [2.05, 4.69) is 11.4 Å². The highest BCUT2D eigenvalue weighted by Gasteiger charge is 2.56. The van der Waals surface area contributed by atoms with Crippen LogP contribution in [-0.2, 0) is 9.53 Å². The van der Waals surface area contributed by atoms with Crippen LogP contribution in [0.1, 0.15) is 18.0 Å². The molecule has 0 aliphatic carbocycles. The van der Waals surface area contributed by atoms with Crippen LogP contribution in [0.4, 0.5) is 0 Å². The number of hydrogen-bond donors (Lipinski definition) is 1. The number of rotatable bonds is 3.